The number of hydrogen-bond donors (Lipinski definition) is 2. The van der Waals surface area contributed by atoms with Gasteiger partial charge in [-0.1, -0.05) is 24.3 Å². The predicted octanol–water partition coefficient (Wildman–Crippen LogP) is 1.80. The fourth-order valence-corrected chi connectivity index (χ4v) is 3.55. The highest BCUT2D eigenvalue weighted by Crippen LogP contribution is 2.18. The lowest BCUT2D eigenvalue weighted by Crippen LogP contribution is -2.46. The Hall–Kier alpha value is -1.39. The summed E-state index contributed by atoms with van der Waals surface area (Å²) >= 11 is 0. The third-order valence-corrected chi connectivity index (χ3v) is 5.25. The molecule has 0 spiro atoms. The topological polar surface area (TPSA) is 75.2 Å². The Morgan fingerprint density at radius 1 is 1.31 bits per heavy atom. The Morgan fingerprint density at radius 2 is 2.14 bits per heavy atom. The first-order valence-electron chi connectivity index (χ1n) is 10.2. The summed E-state index contributed by atoms with van der Waals surface area (Å²) in [5.41, 5.74) is 2.59. The van der Waals surface area contributed by atoms with Crippen molar-refractivity contribution >= 4 is 35.8 Å². The highest BCUT2D eigenvalue weighted by Gasteiger charge is 2.20. The number of amides is 1. The van der Waals surface area contributed by atoms with Gasteiger partial charge in [0, 0.05) is 45.8 Å². The molecule has 1 aromatic carbocycles. The highest BCUT2D eigenvalue weighted by atomic mass is 127. The van der Waals surface area contributed by atoms with Crippen LogP contribution in [-0.2, 0) is 27.2 Å². The molecular formula is C21H33IN4O3. The lowest BCUT2D eigenvalue weighted by atomic mass is 10.00. The van der Waals surface area contributed by atoms with Crippen LogP contribution in [0.2, 0.25) is 0 Å². The molecule has 2 heterocycles. The first-order valence-corrected chi connectivity index (χ1v) is 10.2. The Labute approximate surface area is 190 Å². The van der Waals surface area contributed by atoms with E-state index in [0.29, 0.717) is 25.0 Å². The maximum atomic E-state index is 12.5. The van der Waals surface area contributed by atoms with Gasteiger partial charge in [-0.3, -0.25) is 9.79 Å². The van der Waals surface area contributed by atoms with E-state index in [1.165, 1.54) is 11.1 Å². The van der Waals surface area contributed by atoms with Crippen LogP contribution in [0.4, 0.5) is 0 Å². The van der Waals surface area contributed by atoms with Crippen molar-refractivity contribution in [3.8, 4) is 0 Å². The van der Waals surface area contributed by atoms with Crippen molar-refractivity contribution in [2.75, 3.05) is 53.1 Å². The molecule has 2 N–H and O–H groups in total. The van der Waals surface area contributed by atoms with E-state index in [9.17, 15) is 4.79 Å². The maximum absolute atomic E-state index is 12.5. The summed E-state index contributed by atoms with van der Waals surface area (Å²) in [6, 6.07) is 8.33. The molecule has 1 unspecified atom stereocenters. The molecule has 1 atom stereocenters. The third-order valence-electron chi connectivity index (χ3n) is 5.25. The molecule has 162 valence electrons. The molecule has 2 aliphatic rings. The molecule has 2 aliphatic heterocycles. The Balaban J connectivity index is 0.00000300. The molecule has 3 rings (SSSR count). The van der Waals surface area contributed by atoms with Gasteiger partial charge < -0.3 is 25.0 Å². The SMILES string of the molecule is CN=C(NCCCOCC1CCOC1)NCC(=O)N1CCc2ccccc2C1.I. The second kappa shape index (κ2) is 13.0. The van der Waals surface area contributed by atoms with Crippen LogP contribution in [0.25, 0.3) is 0 Å². The van der Waals surface area contributed by atoms with E-state index < -0.39 is 0 Å². The minimum absolute atomic E-state index is 0. The lowest BCUT2D eigenvalue weighted by molar-refractivity contribution is -0.130. The van der Waals surface area contributed by atoms with Crippen molar-refractivity contribution in [1.29, 1.82) is 0 Å². The number of nitrogens with zero attached hydrogens (tertiary/aromatic N) is 2. The number of aliphatic imine (C=N–C) groups is 1. The zero-order chi connectivity index (χ0) is 19.6. The van der Waals surface area contributed by atoms with E-state index in [2.05, 4.69) is 33.8 Å². The summed E-state index contributed by atoms with van der Waals surface area (Å²) in [6.45, 7) is 5.64. The molecular weight excluding hydrogens is 483 g/mol. The summed E-state index contributed by atoms with van der Waals surface area (Å²) in [6.07, 6.45) is 2.92. The number of hydrogen-bond acceptors (Lipinski definition) is 4. The van der Waals surface area contributed by atoms with Crippen molar-refractivity contribution in [2.24, 2.45) is 10.9 Å². The number of carbonyl (C=O) groups excluding carboxylic acids is 1. The van der Waals surface area contributed by atoms with Crippen LogP contribution in [-0.4, -0.2) is 69.9 Å². The molecule has 0 bridgehead atoms. The number of halogens is 1. The van der Waals surface area contributed by atoms with E-state index in [-0.39, 0.29) is 36.4 Å². The quantitative estimate of drug-likeness (QED) is 0.239. The van der Waals surface area contributed by atoms with Crippen molar-refractivity contribution < 1.29 is 14.3 Å². The minimum Gasteiger partial charge on any atom is -0.381 e. The normalized spacial score (nSPS) is 18.7. The summed E-state index contributed by atoms with van der Waals surface area (Å²) in [4.78, 5) is 18.6. The molecule has 1 aromatic rings. The predicted molar refractivity (Wildman–Crippen MR) is 125 cm³/mol. The molecule has 0 radical (unpaired) electrons. The number of nitrogens with one attached hydrogen (secondary N) is 2. The second-order valence-corrected chi connectivity index (χ2v) is 7.34. The molecule has 29 heavy (non-hydrogen) atoms. The third kappa shape index (κ3) is 7.75. The number of ether oxygens (including phenoxy) is 2. The van der Waals surface area contributed by atoms with Gasteiger partial charge >= 0.3 is 0 Å². The fraction of sp³-hybridized carbons (Fsp3) is 0.619. The van der Waals surface area contributed by atoms with Gasteiger partial charge in [-0.15, -0.1) is 24.0 Å². The average Bonchev–Trinajstić information content (AvgIpc) is 3.25. The van der Waals surface area contributed by atoms with Crippen LogP contribution in [0.3, 0.4) is 0 Å². The summed E-state index contributed by atoms with van der Waals surface area (Å²) in [5, 5.41) is 6.35. The van der Waals surface area contributed by atoms with Crippen LogP contribution >= 0.6 is 24.0 Å². The first kappa shape index (κ1) is 23.9. The molecule has 0 aliphatic carbocycles. The number of rotatable bonds is 8. The maximum Gasteiger partial charge on any atom is 0.242 e. The summed E-state index contributed by atoms with van der Waals surface area (Å²) in [7, 11) is 1.72. The smallest absolute Gasteiger partial charge is 0.242 e. The zero-order valence-corrected chi connectivity index (χ0v) is 19.5. The van der Waals surface area contributed by atoms with Gasteiger partial charge in [0.25, 0.3) is 0 Å². The van der Waals surface area contributed by atoms with E-state index >= 15 is 0 Å². The molecule has 7 nitrogen and oxygen atoms in total. The van der Waals surface area contributed by atoms with Crippen molar-refractivity contribution in [2.45, 2.75) is 25.8 Å². The van der Waals surface area contributed by atoms with Gasteiger partial charge in [-0.25, -0.2) is 0 Å². The van der Waals surface area contributed by atoms with Crippen molar-refractivity contribution in [3.05, 3.63) is 35.4 Å². The monoisotopic (exact) mass is 516 g/mol. The van der Waals surface area contributed by atoms with Gasteiger partial charge in [0.1, 0.15) is 0 Å². The van der Waals surface area contributed by atoms with Crippen LogP contribution in [0, 0.1) is 5.92 Å². The molecule has 1 fully saturated rings. The summed E-state index contributed by atoms with van der Waals surface area (Å²) in [5.74, 6) is 1.30. The van der Waals surface area contributed by atoms with E-state index in [1.54, 1.807) is 7.05 Å². The number of fused-ring (bicyclic) bond motifs is 1. The number of carbonyl (C=O) groups is 1. The van der Waals surface area contributed by atoms with Gasteiger partial charge in [-0.05, 0) is 30.4 Å². The van der Waals surface area contributed by atoms with Crippen LogP contribution < -0.4 is 10.6 Å². The van der Waals surface area contributed by atoms with Crippen LogP contribution in [0.5, 0.6) is 0 Å². The minimum atomic E-state index is 0. The molecule has 8 heteroatoms. The van der Waals surface area contributed by atoms with E-state index in [4.69, 9.17) is 9.47 Å². The molecule has 1 saturated heterocycles. The fourth-order valence-electron chi connectivity index (χ4n) is 3.55. The van der Waals surface area contributed by atoms with E-state index in [1.807, 2.05) is 11.0 Å². The highest BCUT2D eigenvalue weighted by molar-refractivity contribution is 14.0. The number of benzene rings is 1. The Kier molecular flexibility index (Phi) is 10.7. The van der Waals surface area contributed by atoms with Crippen molar-refractivity contribution in [3.63, 3.8) is 0 Å². The van der Waals surface area contributed by atoms with Gasteiger partial charge in [-0.2, -0.15) is 0 Å². The van der Waals surface area contributed by atoms with Gasteiger partial charge in [0.2, 0.25) is 5.91 Å². The second-order valence-electron chi connectivity index (χ2n) is 7.34. The Bertz CT molecular complexity index is 665. The number of guanidine groups is 1. The summed E-state index contributed by atoms with van der Waals surface area (Å²) < 4.78 is 11.0. The molecule has 0 saturated carbocycles. The van der Waals surface area contributed by atoms with Crippen LogP contribution in [0.15, 0.2) is 29.3 Å². The zero-order valence-electron chi connectivity index (χ0n) is 17.2. The average molecular weight is 516 g/mol. The lowest BCUT2D eigenvalue weighted by Gasteiger charge is -2.29. The van der Waals surface area contributed by atoms with Gasteiger partial charge in [0.05, 0.1) is 19.8 Å². The molecule has 1 amide bonds. The Morgan fingerprint density at radius 3 is 2.90 bits per heavy atom. The van der Waals surface area contributed by atoms with Crippen LogP contribution in [0.1, 0.15) is 24.0 Å². The van der Waals surface area contributed by atoms with Gasteiger partial charge in [0.15, 0.2) is 5.96 Å². The van der Waals surface area contributed by atoms with Crippen molar-refractivity contribution in [1.82, 2.24) is 15.5 Å². The largest absolute Gasteiger partial charge is 0.381 e. The van der Waals surface area contributed by atoms with E-state index in [0.717, 1.165) is 52.2 Å². The standard InChI is InChI=1S/C21H32N4O3.HI/c1-22-21(23-9-4-11-27-15-17-8-12-28-16-17)24-13-20(26)25-10-7-18-5-2-3-6-19(18)14-25;/h2-3,5-6,17H,4,7-16H2,1H3,(H2,22,23,24);1H. The molecule has 0 aromatic heterocycles. The first-order chi connectivity index (χ1) is 13.8.